The van der Waals surface area contributed by atoms with E-state index in [1.54, 1.807) is 0 Å². The van der Waals surface area contributed by atoms with Crippen LogP contribution in [0.15, 0.2) is 18.2 Å². The van der Waals surface area contributed by atoms with Gasteiger partial charge in [-0.15, -0.1) is 5.92 Å². The number of benzene rings is 1. The molecule has 1 saturated heterocycles. The van der Waals surface area contributed by atoms with Crippen LogP contribution in [0.3, 0.4) is 0 Å². The highest BCUT2D eigenvalue weighted by Crippen LogP contribution is 2.21. The van der Waals surface area contributed by atoms with Gasteiger partial charge in [0.05, 0.1) is 6.54 Å². The fraction of sp³-hybridized carbons (Fsp3) is 0.438. The van der Waals surface area contributed by atoms with Crippen LogP contribution in [0.1, 0.15) is 22.8 Å². The second-order valence-corrected chi connectivity index (χ2v) is 5.89. The van der Waals surface area contributed by atoms with Crippen molar-refractivity contribution in [1.29, 1.82) is 0 Å². The smallest absolute Gasteiger partial charge is 0.254 e. The molecule has 1 aromatic rings. The molecule has 0 spiro atoms. The molecule has 1 aromatic carbocycles. The highest BCUT2D eigenvalue weighted by molar-refractivity contribution is 7.99. The Labute approximate surface area is 125 Å². The zero-order valence-corrected chi connectivity index (χ0v) is 12.8. The predicted octanol–water partition coefficient (Wildman–Crippen LogP) is 2.62. The SMILES string of the molecule is CC#CCNc1cccc(C(=O)N2CCSCC2)c1C. The van der Waals surface area contributed by atoms with Gasteiger partial charge in [0.15, 0.2) is 0 Å². The van der Waals surface area contributed by atoms with Gasteiger partial charge in [-0.1, -0.05) is 12.0 Å². The summed E-state index contributed by atoms with van der Waals surface area (Å²) in [6.45, 7) is 6.12. The van der Waals surface area contributed by atoms with Crippen molar-refractivity contribution in [2.45, 2.75) is 13.8 Å². The van der Waals surface area contributed by atoms with Crippen molar-refractivity contribution in [3.8, 4) is 11.8 Å². The largest absolute Gasteiger partial charge is 0.374 e. The van der Waals surface area contributed by atoms with Crippen molar-refractivity contribution < 1.29 is 4.79 Å². The maximum absolute atomic E-state index is 12.6. The van der Waals surface area contributed by atoms with E-state index >= 15 is 0 Å². The predicted molar refractivity (Wildman–Crippen MR) is 86.3 cm³/mol. The molecule has 3 nitrogen and oxygen atoms in total. The summed E-state index contributed by atoms with van der Waals surface area (Å²) in [6, 6.07) is 5.84. The van der Waals surface area contributed by atoms with E-state index in [0.717, 1.165) is 41.4 Å². The lowest BCUT2D eigenvalue weighted by molar-refractivity contribution is 0.0771. The fourth-order valence-corrected chi connectivity index (χ4v) is 3.13. The number of rotatable bonds is 3. The van der Waals surface area contributed by atoms with E-state index < -0.39 is 0 Å². The van der Waals surface area contributed by atoms with Crippen molar-refractivity contribution in [2.24, 2.45) is 0 Å². The molecule has 106 valence electrons. The average Bonchev–Trinajstić information content (AvgIpc) is 2.49. The molecule has 1 heterocycles. The molecule has 1 fully saturated rings. The van der Waals surface area contributed by atoms with Gasteiger partial charge >= 0.3 is 0 Å². The summed E-state index contributed by atoms with van der Waals surface area (Å²) in [4.78, 5) is 14.5. The second-order valence-electron chi connectivity index (χ2n) is 4.66. The summed E-state index contributed by atoms with van der Waals surface area (Å²) in [7, 11) is 0. The van der Waals surface area contributed by atoms with Gasteiger partial charge in [-0.2, -0.15) is 11.8 Å². The minimum atomic E-state index is 0.146. The molecule has 0 saturated carbocycles. The number of anilines is 1. The highest BCUT2D eigenvalue weighted by atomic mass is 32.2. The lowest BCUT2D eigenvalue weighted by atomic mass is 10.1. The summed E-state index contributed by atoms with van der Waals surface area (Å²) in [6.07, 6.45) is 0. The van der Waals surface area contributed by atoms with E-state index in [9.17, 15) is 4.79 Å². The Morgan fingerprint density at radius 2 is 2.15 bits per heavy atom. The molecule has 1 amide bonds. The van der Waals surface area contributed by atoms with E-state index in [2.05, 4.69) is 17.2 Å². The molecular weight excluding hydrogens is 268 g/mol. The number of nitrogens with zero attached hydrogens (tertiary/aromatic N) is 1. The third-order valence-electron chi connectivity index (χ3n) is 3.41. The number of thioether (sulfide) groups is 1. The van der Waals surface area contributed by atoms with E-state index in [1.165, 1.54) is 0 Å². The van der Waals surface area contributed by atoms with E-state index in [1.807, 2.05) is 48.7 Å². The minimum Gasteiger partial charge on any atom is -0.374 e. The van der Waals surface area contributed by atoms with Gasteiger partial charge in [0, 0.05) is 35.8 Å². The molecule has 4 heteroatoms. The van der Waals surface area contributed by atoms with E-state index in [-0.39, 0.29) is 5.91 Å². The van der Waals surface area contributed by atoms with Gasteiger partial charge in [0.25, 0.3) is 5.91 Å². The molecule has 0 aliphatic carbocycles. The average molecular weight is 288 g/mol. The summed E-state index contributed by atoms with van der Waals surface area (Å²) in [5.74, 6) is 8.05. The highest BCUT2D eigenvalue weighted by Gasteiger charge is 2.20. The van der Waals surface area contributed by atoms with Gasteiger partial charge in [0.2, 0.25) is 0 Å². The first-order chi connectivity index (χ1) is 9.74. The van der Waals surface area contributed by atoms with Gasteiger partial charge in [0.1, 0.15) is 0 Å². The fourth-order valence-electron chi connectivity index (χ4n) is 2.22. The number of carbonyl (C=O) groups is 1. The van der Waals surface area contributed by atoms with Crippen LogP contribution in [0, 0.1) is 18.8 Å². The van der Waals surface area contributed by atoms with E-state index in [0.29, 0.717) is 6.54 Å². The van der Waals surface area contributed by atoms with Crippen LogP contribution >= 0.6 is 11.8 Å². The zero-order valence-electron chi connectivity index (χ0n) is 12.0. The summed E-state index contributed by atoms with van der Waals surface area (Å²) >= 11 is 1.91. The van der Waals surface area contributed by atoms with Gasteiger partial charge < -0.3 is 10.2 Å². The van der Waals surface area contributed by atoms with Crippen molar-refractivity contribution in [3.05, 3.63) is 29.3 Å². The number of hydrogen-bond acceptors (Lipinski definition) is 3. The Morgan fingerprint density at radius 3 is 2.85 bits per heavy atom. The molecule has 2 rings (SSSR count). The molecule has 1 aliphatic rings. The minimum absolute atomic E-state index is 0.146. The summed E-state index contributed by atoms with van der Waals surface area (Å²) in [5.41, 5.74) is 2.80. The molecule has 0 radical (unpaired) electrons. The summed E-state index contributed by atoms with van der Waals surface area (Å²) in [5, 5.41) is 3.26. The number of amides is 1. The van der Waals surface area contributed by atoms with Crippen LogP contribution in [0.4, 0.5) is 5.69 Å². The molecular formula is C16H20N2OS. The van der Waals surface area contributed by atoms with Gasteiger partial charge in [-0.25, -0.2) is 0 Å². The summed E-state index contributed by atoms with van der Waals surface area (Å²) < 4.78 is 0. The van der Waals surface area contributed by atoms with Crippen LogP contribution in [0.5, 0.6) is 0 Å². The molecule has 0 unspecified atom stereocenters. The first kappa shape index (κ1) is 14.8. The van der Waals surface area contributed by atoms with Crippen LogP contribution in [-0.4, -0.2) is 41.9 Å². The van der Waals surface area contributed by atoms with Crippen LogP contribution in [0.2, 0.25) is 0 Å². The van der Waals surface area contributed by atoms with Crippen LogP contribution < -0.4 is 5.32 Å². The number of nitrogens with one attached hydrogen (secondary N) is 1. The van der Waals surface area contributed by atoms with E-state index in [4.69, 9.17) is 0 Å². The maximum atomic E-state index is 12.6. The molecule has 1 N–H and O–H groups in total. The Balaban J connectivity index is 2.15. The molecule has 0 atom stereocenters. The number of carbonyl (C=O) groups excluding carboxylic acids is 1. The Kier molecular flexibility index (Phi) is 5.37. The van der Waals surface area contributed by atoms with Crippen molar-refractivity contribution in [1.82, 2.24) is 4.90 Å². The van der Waals surface area contributed by atoms with Crippen LogP contribution in [-0.2, 0) is 0 Å². The molecule has 1 aliphatic heterocycles. The third-order valence-corrected chi connectivity index (χ3v) is 4.35. The standard InChI is InChI=1S/C16H20N2OS/c1-3-4-8-17-15-7-5-6-14(13(15)2)16(19)18-9-11-20-12-10-18/h5-7,17H,8-12H2,1-2H3. The molecule has 20 heavy (non-hydrogen) atoms. The second kappa shape index (κ2) is 7.25. The van der Waals surface area contributed by atoms with Crippen molar-refractivity contribution in [2.75, 3.05) is 36.5 Å². The normalized spacial score (nSPS) is 14.4. The molecule has 0 bridgehead atoms. The maximum Gasteiger partial charge on any atom is 0.254 e. The van der Waals surface area contributed by atoms with Gasteiger partial charge in [-0.05, 0) is 31.5 Å². The quantitative estimate of drug-likeness (QED) is 0.868. The van der Waals surface area contributed by atoms with Gasteiger partial charge in [-0.3, -0.25) is 4.79 Å². The molecule has 0 aromatic heterocycles. The first-order valence-corrected chi connectivity index (χ1v) is 7.99. The monoisotopic (exact) mass is 288 g/mol. The third kappa shape index (κ3) is 3.49. The Bertz CT molecular complexity index is 539. The first-order valence-electron chi connectivity index (χ1n) is 6.84. The van der Waals surface area contributed by atoms with Crippen LogP contribution in [0.25, 0.3) is 0 Å². The zero-order chi connectivity index (χ0) is 14.4. The van der Waals surface area contributed by atoms with Crippen molar-refractivity contribution in [3.63, 3.8) is 0 Å². The lowest BCUT2D eigenvalue weighted by Crippen LogP contribution is -2.38. The Hall–Kier alpha value is -1.60. The lowest BCUT2D eigenvalue weighted by Gasteiger charge is -2.27. The van der Waals surface area contributed by atoms with Crippen molar-refractivity contribution >= 4 is 23.4 Å². The Morgan fingerprint density at radius 1 is 1.40 bits per heavy atom. The topological polar surface area (TPSA) is 32.3 Å². The number of hydrogen-bond donors (Lipinski definition) is 1.